The molecule has 0 spiro atoms. The second kappa shape index (κ2) is 8.41. The lowest BCUT2D eigenvalue weighted by molar-refractivity contribution is -0.122. The molecule has 1 fully saturated rings. The normalized spacial score (nSPS) is 20.7. The van der Waals surface area contributed by atoms with Crippen molar-refractivity contribution in [2.45, 2.75) is 38.6 Å². The summed E-state index contributed by atoms with van der Waals surface area (Å²) in [6.07, 6.45) is 4.31. The van der Waals surface area contributed by atoms with E-state index in [1.807, 2.05) is 0 Å². The zero-order valence-electron chi connectivity index (χ0n) is 12.9. The van der Waals surface area contributed by atoms with Crippen LogP contribution in [0.4, 0.5) is 4.79 Å². The minimum atomic E-state index is -0.554. The number of nitrogens with one attached hydrogen (secondary N) is 2. The predicted octanol–water partition coefficient (Wildman–Crippen LogP) is 3.78. The van der Waals surface area contributed by atoms with Gasteiger partial charge in [0.15, 0.2) is 12.4 Å². The van der Waals surface area contributed by atoms with E-state index in [1.54, 1.807) is 18.2 Å². The number of imide groups is 1. The van der Waals surface area contributed by atoms with Gasteiger partial charge in [-0.15, -0.1) is 0 Å². The molecule has 0 aliphatic heterocycles. The number of halogens is 2. The number of hydrogen-bond acceptors (Lipinski definition) is 3. The van der Waals surface area contributed by atoms with Gasteiger partial charge in [0.2, 0.25) is 0 Å². The Kier molecular flexibility index (Phi) is 6.54. The summed E-state index contributed by atoms with van der Waals surface area (Å²) in [6.45, 7) is 1.77. The highest BCUT2D eigenvalue weighted by Gasteiger charge is 2.23. The molecule has 126 valence electrons. The van der Waals surface area contributed by atoms with Gasteiger partial charge in [0.05, 0.1) is 10.0 Å². The van der Waals surface area contributed by atoms with Crippen molar-refractivity contribution in [2.75, 3.05) is 6.61 Å². The van der Waals surface area contributed by atoms with Gasteiger partial charge >= 0.3 is 6.03 Å². The Morgan fingerprint density at radius 3 is 2.52 bits per heavy atom. The summed E-state index contributed by atoms with van der Waals surface area (Å²) in [6, 6.07) is 4.50. The van der Waals surface area contributed by atoms with E-state index < -0.39 is 11.9 Å². The van der Waals surface area contributed by atoms with E-state index >= 15 is 0 Å². The zero-order chi connectivity index (χ0) is 16.8. The van der Waals surface area contributed by atoms with Crippen LogP contribution in [0, 0.1) is 5.92 Å². The van der Waals surface area contributed by atoms with Crippen molar-refractivity contribution in [2.24, 2.45) is 5.92 Å². The first-order valence-corrected chi connectivity index (χ1v) is 8.40. The summed E-state index contributed by atoms with van der Waals surface area (Å²) in [5.74, 6) is 0.0945. The fraction of sp³-hybridized carbons (Fsp3) is 0.500. The number of urea groups is 1. The standard InChI is InChI=1S/C16H20Cl2N2O3/c1-10-5-2-3-8-13(10)19-16(22)20-14(21)9-23-15-11(17)6-4-7-12(15)18/h4,6-7,10,13H,2-3,5,8-9H2,1H3,(H2,19,20,21,22)/t10-,13-/m0/s1. The lowest BCUT2D eigenvalue weighted by atomic mass is 9.86. The van der Waals surface area contributed by atoms with Crippen molar-refractivity contribution in [3.63, 3.8) is 0 Å². The Morgan fingerprint density at radius 2 is 1.87 bits per heavy atom. The van der Waals surface area contributed by atoms with Gasteiger partial charge in [-0.2, -0.15) is 0 Å². The Bertz CT molecular complexity index is 560. The molecule has 0 bridgehead atoms. The van der Waals surface area contributed by atoms with Gasteiger partial charge < -0.3 is 10.1 Å². The lowest BCUT2D eigenvalue weighted by Crippen LogP contribution is -2.48. The molecule has 0 saturated heterocycles. The van der Waals surface area contributed by atoms with E-state index in [1.165, 1.54) is 6.42 Å². The largest absolute Gasteiger partial charge is 0.481 e. The highest BCUT2D eigenvalue weighted by molar-refractivity contribution is 6.37. The van der Waals surface area contributed by atoms with E-state index in [0.29, 0.717) is 16.0 Å². The van der Waals surface area contributed by atoms with Gasteiger partial charge in [0, 0.05) is 6.04 Å². The van der Waals surface area contributed by atoms with Crippen LogP contribution in [0.1, 0.15) is 32.6 Å². The monoisotopic (exact) mass is 358 g/mol. The molecule has 1 aromatic carbocycles. The first kappa shape index (κ1) is 17.9. The van der Waals surface area contributed by atoms with Crippen molar-refractivity contribution in [1.29, 1.82) is 0 Å². The van der Waals surface area contributed by atoms with Gasteiger partial charge in [-0.3, -0.25) is 10.1 Å². The average molecular weight is 359 g/mol. The van der Waals surface area contributed by atoms with E-state index in [-0.39, 0.29) is 18.4 Å². The highest BCUT2D eigenvalue weighted by Crippen LogP contribution is 2.32. The van der Waals surface area contributed by atoms with Crippen molar-refractivity contribution in [1.82, 2.24) is 10.6 Å². The summed E-state index contributed by atoms with van der Waals surface area (Å²) >= 11 is 11.9. The number of para-hydroxylation sites is 1. The van der Waals surface area contributed by atoms with Crippen LogP contribution in [0.25, 0.3) is 0 Å². The number of hydrogen-bond donors (Lipinski definition) is 2. The molecule has 3 amide bonds. The van der Waals surface area contributed by atoms with Gasteiger partial charge in [-0.25, -0.2) is 4.79 Å². The van der Waals surface area contributed by atoms with Crippen molar-refractivity contribution in [3.05, 3.63) is 28.2 Å². The third kappa shape index (κ3) is 5.29. The van der Waals surface area contributed by atoms with Crippen LogP contribution in [0.5, 0.6) is 5.75 Å². The first-order valence-electron chi connectivity index (χ1n) is 7.64. The molecule has 1 aromatic rings. The maximum absolute atomic E-state index is 11.9. The zero-order valence-corrected chi connectivity index (χ0v) is 14.4. The number of carbonyl (C=O) groups excluding carboxylic acids is 2. The molecule has 7 heteroatoms. The van der Waals surface area contributed by atoms with Gasteiger partial charge in [0.25, 0.3) is 5.91 Å². The number of amides is 3. The van der Waals surface area contributed by atoms with E-state index in [9.17, 15) is 9.59 Å². The molecule has 1 aliphatic rings. The maximum atomic E-state index is 11.9. The molecule has 1 saturated carbocycles. The summed E-state index contributed by atoms with van der Waals surface area (Å²) in [5, 5.41) is 5.72. The number of ether oxygens (including phenoxy) is 1. The number of benzene rings is 1. The van der Waals surface area contributed by atoms with Crippen LogP contribution in [0.15, 0.2) is 18.2 Å². The fourth-order valence-corrected chi connectivity index (χ4v) is 3.16. The van der Waals surface area contributed by atoms with E-state index in [2.05, 4.69) is 17.6 Å². The second-order valence-electron chi connectivity index (χ2n) is 5.73. The molecule has 0 unspecified atom stereocenters. The van der Waals surface area contributed by atoms with Crippen LogP contribution >= 0.6 is 23.2 Å². The molecule has 2 rings (SSSR count). The Balaban J connectivity index is 1.79. The molecular weight excluding hydrogens is 339 g/mol. The smallest absolute Gasteiger partial charge is 0.321 e. The number of carbonyl (C=O) groups is 2. The lowest BCUT2D eigenvalue weighted by Gasteiger charge is -2.29. The molecule has 5 nitrogen and oxygen atoms in total. The van der Waals surface area contributed by atoms with Gasteiger partial charge in [-0.05, 0) is 30.9 Å². The summed E-state index contributed by atoms with van der Waals surface area (Å²) in [4.78, 5) is 23.7. The van der Waals surface area contributed by atoms with Crippen LogP contribution in [0.3, 0.4) is 0 Å². The third-order valence-electron chi connectivity index (χ3n) is 3.95. The molecular formula is C16H20Cl2N2O3. The minimum absolute atomic E-state index is 0.107. The molecule has 0 heterocycles. The molecule has 0 radical (unpaired) electrons. The van der Waals surface area contributed by atoms with Crippen molar-refractivity contribution >= 4 is 35.1 Å². The van der Waals surface area contributed by atoms with E-state index in [0.717, 1.165) is 19.3 Å². The highest BCUT2D eigenvalue weighted by atomic mass is 35.5. The Morgan fingerprint density at radius 1 is 1.22 bits per heavy atom. The maximum Gasteiger partial charge on any atom is 0.321 e. The molecule has 2 atom stereocenters. The topological polar surface area (TPSA) is 67.4 Å². The summed E-state index contributed by atoms with van der Waals surface area (Å²) in [7, 11) is 0. The first-order chi connectivity index (χ1) is 11.0. The van der Waals surface area contributed by atoms with E-state index in [4.69, 9.17) is 27.9 Å². The van der Waals surface area contributed by atoms with Gasteiger partial charge in [-0.1, -0.05) is 49.0 Å². The number of rotatable bonds is 4. The van der Waals surface area contributed by atoms with Gasteiger partial charge in [0.1, 0.15) is 0 Å². The SMILES string of the molecule is C[C@H]1CCCC[C@@H]1NC(=O)NC(=O)COc1c(Cl)cccc1Cl. The van der Waals surface area contributed by atoms with Crippen molar-refractivity contribution < 1.29 is 14.3 Å². The molecule has 23 heavy (non-hydrogen) atoms. The van der Waals surface area contributed by atoms with Crippen molar-refractivity contribution in [3.8, 4) is 5.75 Å². The minimum Gasteiger partial charge on any atom is -0.481 e. The second-order valence-corrected chi connectivity index (χ2v) is 6.54. The Hall–Kier alpha value is -1.46. The average Bonchev–Trinajstić information content (AvgIpc) is 2.49. The molecule has 1 aliphatic carbocycles. The molecule has 2 N–H and O–H groups in total. The Labute approximate surface area is 145 Å². The summed E-state index contributed by atoms with van der Waals surface area (Å²) < 4.78 is 5.29. The quantitative estimate of drug-likeness (QED) is 0.860. The van der Waals surface area contributed by atoms with Crippen LogP contribution < -0.4 is 15.4 Å². The van der Waals surface area contributed by atoms with Crippen LogP contribution in [-0.4, -0.2) is 24.6 Å². The van der Waals surface area contributed by atoms with Crippen LogP contribution in [0.2, 0.25) is 10.0 Å². The predicted molar refractivity (Wildman–Crippen MR) is 90.1 cm³/mol. The fourth-order valence-electron chi connectivity index (χ4n) is 2.66. The third-order valence-corrected chi connectivity index (χ3v) is 4.54. The summed E-state index contributed by atoms with van der Waals surface area (Å²) in [5.41, 5.74) is 0. The van der Waals surface area contributed by atoms with Crippen LogP contribution in [-0.2, 0) is 4.79 Å². The molecule has 0 aromatic heterocycles.